The lowest BCUT2D eigenvalue weighted by atomic mass is 10.2. The van der Waals surface area contributed by atoms with Gasteiger partial charge in [-0.3, -0.25) is 14.9 Å². The predicted octanol–water partition coefficient (Wildman–Crippen LogP) is 1.88. The first kappa shape index (κ1) is 19.5. The van der Waals surface area contributed by atoms with Crippen LogP contribution in [0.1, 0.15) is 5.56 Å². The first-order chi connectivity index (χ1) is 12.9. The van der Waals surface area contributed by atoms with Crippen molar-refractivity contribution in [2.75, 3.05) is 26.1 Å². The third-order valence-corrected chi connectivity index (χ3v) is 3.42. The number of aromatic hydroxyl groups is 1. The second-order valence-corrected chi connectivity index (χ2v) is 5.23. The number of anilines is 1. The van der Waals surface area contributed by atoms with E-state index in [0.717, 1.165) is 6.07 Å². The summed E-state index contributed by atoms with van der Waals surface area (Å²) < 4.78 is 9.98. The Labute approximate surface area is 154 Å². The molecule has 0 aliphatic rings. The molecule has 0 spiro atoms. The largest absolute Gasteiger partial charge is 0.500 e. The molecule has 0 fully saturated rings. The molecule has 10 heteroatoms. The summed E-state index contributed by atoms with van der Waals surface area (Å²) in [7, 11) is 2.81. The fourth-order valence-corrected chi connectivity index (χ4v) is 2.12. The highest BCUT2D eigenvalue weighted by molar-refractivity contribution is 5.86. The van der Waals surface area contributed by atoms with E-state index in [1.807, 2.05) is 0 Å². The summed E-state index contributed by atoms with van der Waals surface area (Å²) in [5.41, 5.74) is 2.74. The Kier molecular flexibility index (Phi) is 6.53. The van der Waals surface area contributed by atoms with Crippen LogP contribution >= 0.6 is 0 Å². The highest BCUT2D eigenvalue weighted by Crippen LogP contribution is 2.36. The average molecular weight is 374 g/mol. The summed E-state index contributed by atoms with van der Waals surface area (Å²) in [6.07, 6.45) is 1.21. The van der Waals surface area contributed by atoms with Crippen molar-refractivity contribution in [2.24, 2.45) is 5.10 Å². The number of hydrogen-bond acceptors (Lipinski definition) is 8. The lowest BCUT2D eigenvalue weighted by Crippen LogP contribution is -2.25. The first-order valence-electron chi connectivity index (χ1n) is 7.69. The number of methoxy groups -OCH3 is 2. The van der Waals surface area contributed by atoms with E-state index in [4.69, 9.17) is 9.47 Å². The van der Waals surface area contributed by atoms with Crippen molar-refractivity contribution >= 4 is 23.5 Å². The minimum atomic E-state index is -0.744. The van der Waals surface area contributed by atoms with E-state index in [1.54, 1.807) is 31.4 Å². The smallest absolute Gasteiger partial charge is 0.315 e. The molecule has 0 unspecified atom stereocenters. The number of hydrogen-bond donors (Lipinski definition) is 3. The number of carbonyl (C=O) groups excluding carboxylic acids is 1. The molecule has 0 heterocycles. The van der Waals surface area contributed by atoms with Crippen LogP contribution in [0.4, 0.5) is 11.4 Å². The molecule has 2 aromatic rings. The number of benzene rings is 2. The van der Waals surface area contributed by atoms with Crippen LogP contribution in [0, 0.1) is 10.1 Å². The van der Waals surface area contributed by atoms with E-state index >= 15 is 0 Å². The molecule has 2 rings (SSSR count). The van der Waals surface area contributed by atoms with Gasteiger partial charge in [0.15, 0.2) is 5.75 Å². The summed E-state index contributed by atoms with van der Waals surface area (Å²) in [6, 6.07) is 9.54. The summed E-state index contributed by atoms with van der Waals surface area (Å²) in [5, 5.41) is 27.3. The zero-order valence-electron chi connectivity index (χ0n) is 14.6. The molecule has 0 saturated heterocycles. The maximum atomic E-state index is 11.8. The van der Waals surface area contributed by atoms with Crippen LogP contribution in [0.15, 0.2) is 41.5 Å². The standard InChI is InChI=1S/C17H18N4O6/c1-26-13-5-3-4-12(8-13)18-10-16(22)20-19-9-11-6-14(21(24)25)17(23)15(7-11)27-2/h3-9,18,23H,10H2,1-2H3,(H,20,22)/b19-9-. The number of hydrazone groups is 1. The van der Waals surface area contributed by atoms with Gasteiger partial charge < -0.3 is 19.9 Å². The third kappa shape index (κ3) is 5.33. The van der Waals surface area contributed by atoms with Gasteiger partial charge in [0.2, 0.25) is 5.75 Å². The van der Waals surface area contributed by atoms with Crippen LogP contribution in [0.2, 0.25) is 0 Å². The number of amides is 1. The van der Waals surface area contributed by atoms with E-state index in [-0.39, 0.29) is 17.9 Å². The van der Waals surface area contributed by atoms with Gasteiger partial charge in [0.1, 0.15) is 5.75 Å². The fourth-order valence-electron chi connectivity index (χ4n) is 2.12. The molecule has 3 N–H and O–H groups in total. The summed E-state index contributed by atoms with van der Waals surface area (Å²) in [6.45, 7) is -0.0381. The molecule has 142 valence electrons. The number of phenolic OH excluding ortho intramolecular Hbond substituents is 1. The van der Waals surface area contributed by atoms with Gasteiger partial charge in [0.05, 0.1) is 31.9 Å². The molecular weight excluding hydrogens is 356 g/mol. The van der Waals surface area contributed by atoms with Gasteiger partial charge in [-0.15, -0.1) is 0 Å². The Bertz CT molecular complexity index is 868. The van der Waals surface area contributed by atoms with Crippen LogP contribution in [0.5, 0.6) is 17.2 Å². The monoisotopic (exact) mass is 374 g/mol. The van der Waals surface area contributed by atoms with E-state index in [1.165, 1.54) is 19.4 Å². The summed E-state index contributed by atoms with van der Waals surface area (Å²) in [5.74, 6) is -0.418. The maximum absolute atomic E-state index is 11.8. The molecule has 0 saturated carbocycles. The van der Waals surface area contributed by atoms with Crippen molar-refractivity contribution < 1.29 is 24.3 Å². The first-order valence-corrected chi connectivity index (χ1v) is 7.69. The highest BCUT2D eigenvalue weighted by atomic mass is 16.6. The Hall–Kier alpha value is -3.82. The van der Waals surface area contributed by atoms with Crippen molar-refractivity contribution in [3.8, 4) is 17.2 Å². The molecule has 10 nitrogen and oxygen atoms in total. The zero-order valence-corrected chi connectivity index (χ0v) is 14.6. The topological polar surface area (TPSA) is 135 Å². The van der Waals surface area contributed by atoms with Gasteiger partial charge in [0.25, 0.3) is 5.91 Å². The molecule has 0 aliphatic carbocycles. The average Bonchev–Trinajstić information content (AvgIpc) is 2.67. The minimum absolute atomic E-state index is 0.0381. The second-order valence-electron chi connectivity index (χ2n) is 5.23. The SMILES string of the molecule is COc1cccc(NCC(=O)N/N=C\c2cc(OC)c(O)c([N+](=O)[O-])c2)c1. The van der Waals surface area contributed by atoms with Crippen LogP contribution in [0.3, 0.4) is 0 Å². The number of rotatable bonds is 8. The van der Waals surface area contributed by atoms with Crippen molar-refractivity contribution in [3.05, 3.63) is 52.1 Å². The number of ether oxygens (including phenoxy) is 2. The van der Waals surface area contributed by atoms with Gasteiger partial charge in [-0.1, -0.05) is 6.07 Å². The predicted molar refractivity (Wildman–Crippen MR) is 98.5 cm³/mol. The minimum Gasteiger partial charge on any atom is -0.500 e. The molecule has 0 bridgehead atoms. The van der Waals surface area contributed by atoms with Gasteiger partial charge >= 0.3 is 5.69 Å². The number of nitro benzene ring substituents is 1. The van der Waals surface area contributed by atoms with Crippen molar-refractivity contribution in [3.63, 3.8) is 0 Å². The number of nitrogens with one attached hydrogen (secondary N) is 2. The summed E-state index contributed by atoms with van der Waals surface area (Å²) >= 11 is 0. The quantitative estimate of drug-likeness (QED) is 0.365. The molecule has 0 radical (unpaired) electrons. The van der Waals surface area contributed by atoms with Gasteiger partial charge in [-0.25, -0.2) is 5.43 Å². The van der Waals surface area contributed by atoms with Crippen molar-refractivity contribution in [1.29, 1.82) is 0 Å². The lowest BCUT2D eigenvalue weighted by Gasteiger charge is -2.07. The van der Waals surface area contributed by atoms with E-state index in [2.05, 4.69) is 15.8 Å². The Morgan fingerprint density at radius 3 is 2.74 bits per heavy atom. The Balaban J connectivity index is 1.97. The van der Waals surface area contributed by atoms with Crippen molar-refractivity contribution in [1.82, 2.24) is 5.43 Å². The van der Waals surface area contributed by atoms with Gasteiger partial charge in [-0.05, 0) is 18.2 Å². The van der Waals surface area contributed by atoms with E-state index in [9.17, 15) is 20.0 Å². The van der Waals surface area contributed by atoms with E-state index < -0.39 is 22.3 Å². The third-order valence-electron chi connectivity index (χ3n) is 3.42. The molecular formula is C17H18N4O6. The molecule has 1 amide bonds. The van der Waals surface area contributed by atoms with Gasteiger partial charge in [-0.2, -0.15) is 5.10 Å². The second kappa shape index (κ2) is 9.04. The molecule has 0 atom stereocenters. The maximum Gasteiger partial charge on any atom is 0.315 e. The van der Waals surface area contributed by atoms with Crippen LogP contribution in [-0.2, 0) is 4.79 Å². The van der Waals surface area contributed by atoms with Gasteiger partial charge in [0, 0.05) is 23.4 Å². The summed E-state index contributed by atoms with van der Waals surface area (Å²) in [4.78, 5) is 22.0. The molecule has 27 heavy (non-hydrogen) atoms. The molecule has 0 aromatic heterocycles. The number of nitrogens with zero attached hydrogens (tertiary/aromatic N) is 2. The molecule has 2 aromatic carbocycles. The number of carbonyl (C=O) groups is 1. The van der Waals surface area contributed by atoms with Crippen molar-refractivity contribution in [2.45, 2.75) is 0 Å². The van der Waals surface area contributed by atoms with Crippen LogP contribution in [0.25, 0.3) is 0 Å². The lowest BCUT2D eigenvalue weighted by molar-refractivity contribution is -0.386. The highest BCUT2D eigenvalue weighted by Gasteiger charge is 2.19. The van der Waals surface area contributed by atoms with E-state index in [0.29, 0.717) is 11.4 Å². The molecule has 0 aliphatic heterocycles. The normalized spacial score (nSPS) is 10.4. The number of phenols is 1. The fraction of sp³-hybridized carbons (Fsp3) is 0.176. The Morgan fingerprint density at radius 2 is 2.07 bits per heavy atom. The Morgan fingerprint density at radius 1 is 1.30 bits per heavy atom. The van der Waals surface area contributed by atoms with Crippen LogP contribution in [-0.4, -0.2) is 42.9 Å². The number of nitro groups is 1. The van der Waals surface area contributed by atoms with Crippen LogP contribution < -0.4 is 20.2 Å². The zero-order chi connectivity index (χ0) is 19.8.